The first-order valence-electron chi connectivity index (χ1n) is 5.77. The van der Waals surface area contributed by atoms with Crippen molar-refractivity contribution in [2.24, 2.45) is 5.92 Å². The average molecular weight is 236 g/mol. The summed E-state index contributed by atoms with van der Waals surface area (Å²) in [6, 6.07) is 9.13. The van der Waals surface area contributed by atoms with Crippen LogP contribution >= 0.6 is 0 Å². The Morgan fingerprint density at radius 1 is 1.24 bits per heavy atom. The first-order chi connectivity index (χ1) is 7.81. The normalized spacial score (nSPS) is 15.1. The molecule has 0 bridgehead atoms. The molecule has 0 radical (unpaired) electrons. The second-order valence-electron chi connectivity index (χ2n) is 5.18. The van der Waals surface area contributed by atoms with E-state index in [1.165, 1.54) is 0 Å². The Balaban J connectivity index is 2.70. The lowest BCUT2D eigenvalue weighted by Crippen LogP contribution is -2.30. The van der Waals surface area contributed by atoms with Gasteiger partial charge in [0.1, 0.15) is 5.60 Å². The van der Waals surface area contributed by atoms with Gasteiger partial charge in [-0.3, -0.25) is 4.79 Å². The van der Waals surface area contributed by atoms with Gasteiger partial charge in [0.15, 0.2) is 0 Å². The summed E-state index contributed by atoms with van der Waals surface area (Å²) in [5.41, 5.74) is 0.202. The van der Waals surface area contributed by atoms with Crippen molar-refractivity contribution >= 4 is 5.97 Å². The van der Waals surface area contributed by atoms with Gasteiger partial charge in [0.05, 0.1) is 12.0 Å². The van der Waals surface area contributed by atoms with Gasteiger partial charge < -0.3 is 9.84 Å². The van der Waals surface area contributed by atoms with Crippen LogP contribution in [0.4, 0.5) is 0 Å². The van der Waals surface area contributed by atoms with E-state index in [0.29, 0.717) is 0 Å². The number of carbonyl (C=O) groups excluding carboxylic acids is 1. The number of ether oxygens (including phenoxy) is 1. The van der Waals surface area contributed by atoms with Crippen LogP contribution in [0.2, 0.25) is 0 Å². The van der Waals surface area contributed by atoms with Crippen LogP contribution in [0.3, 0.4) is 0 Å². The molecule has 3 heteroatoms. The molecule has 0 aromatic heterocycles. The van der Waals surface area contributed by atoms with Crippen molar-refractivity contribution in [1.82, 2.24) is 0 Å². The Labute approximate surface area is 102 Å². The molecule has 0 saturated heterocycles. The molecule has 17 heavy (non-hydrogen) atoms. The minimum Gasteiger partial charge on any atom is -0.460 e. The largest absolute Gasteiger partial charge is 0.460 e. The van der Waals surface area contributed by atoms with Gasteiger partial charge in [-0.1, -0.05) is 30.3 Å². The van der Waals surface area contributed by atoms with E-state index in [2.05, 4.69) is 0 Å². The van der Waals surface area contributed by atoms with Crippen LogP contribution in [-0.4, -0.2) is 16.7 Å². The predicted octanol–water partition coefficient (Wildman–Crippen LogP) is 2.70. The highest BCUT2D eigenvalue weighted by atomic mass is 16.6. The van der Waals surface area contributed by atoms with Crippen LogP contribution in [0.15, 0.2) is 30.3 Å². The van der Waals surface area contributed by atoms with Crippen LogP contribution in [0.5, 0.6) is 0 Å². The van der Waals surface area contributed by atoms with Gasteiger partial charge in [0.25, 0.3) is 0 Å². The summed E-state index contributed by atoms with van der Waals surface area (Å²) in [6.07, 6.45) is -0.828. The van der Waals surface area contributed by atoms with E-state index in [1.807, 2.05) is 39.0 Å². The Bertz CT molecular complexity index is 365. The first-order valence-corrected chi connectivity index (χ1v) is 5.77. The zero-order valence-electron chi connectivity index (χ0n) is 10.8. The number of rotatable bonds is 3. The summed E-state index contributed by atoms with van der Waals surface area (Å²) in [7, 11) is 0. The van der Waals surface area contributed by atoms with E-state index in [1.54, 1.807) is 19.1 Å². The molecule has 1 aromatic carbocycles. The highest BCUT2D eigenvalue weighted by Gasteiger charge is 2.28. The van der Waals surface area contributed by atoms with E-state index in [9.17, 15) is 9.90 Å². The number of esters is 1. The van der Waals surface area contributed by atoms with Crippen molar-refractivity contribution in [3.8, 4) is 0 Å². The molecule has 0 heterocycles. The third-order valence-electron chi connectivity index (χ3n) is 2.39. The number of aliphatic hydroxyl groups excluding tert-OH is 1. The monoisotopic (exact) mass is 236 g/mol. The van der Waals surface area contributed by atoms with E-state index < -0.39 is 17.6 Å². The van der Waals surface area contributed by atoms with Gasteiger partial charge in [0.2, 0.25) is 0 Å². The van der Waals surface area contributed by atoms with Crippen LogP contribution in [0.1, 0.15) is 39.4 Å². The molecular weight excluding hydrogens is 216 g/mol. The molecule has 0 saturated carbocycles. The summed E-state index contributed by atoms with van der Waals surface area (Å²) in [4.78, 5) is 11.8. The third kappa shape index (κ3) is 4.19. The fraction of sp³-hybridized carbons (Fsp3) is 0.500. The van der Waals surface area contributed by atoms with Gasteiger partial charge in [-0.2, -0.15) is 0 Å². The molecule has 0 unspecified atom stereocenters. The highest BCUT2D eigenvalue weighted by Crippen LogP contribution is 2.24. The predicted molar refractivity (Wildman–Crippen MR) is 66.4 cm³/mol. The minimum absolute atomic E-state index is 0.381. The molecule has 0 amide bonds. The molecule has 0 aliphatic heterocycles. The number of hydrogen-bond donors (Lipinski definition) is 1. The summed E-state index contributed by atoms with van der Waals surface area (Å²) >= 11 is 0. The molecular formula is C14H20O3. The standard InChI is InChI=1S/C14H20O3/c1-10(13(16)17-14(2,3)4)12(15)11-8-6-5-7-9-11/h5-10,12,15H,1-4H3/t10-,12+/m0/s1. The van der Waals surface area contributed by atoms with Crippen LogP contribution < -0.4 is 0 Å². The fourth-order valence-electron chi connectivity index (χ4n) is 1.46. The van der Waals surface area contributed by atoms with Crippen molar-refractivity contribution in [3.63, 3.8) is 0 Å². The maximum absolute atomic E-state index is 11.8. The zero-order valence-corrected chi connectivity index (χ0v) is 10.8. The zero-order chi connectivity index (χ0) is 13.1. The molecule has 0 aliphatic carbocycles. The second kappa shape index (κ2) is 5.32. The molecule has 1 rings (SSSR count). The number of aliphatic hydroxyl groups is 1. The molecule has 0 aliphatic rings. The van der Waals surface area contributed by atoms with Gasteiger partial charge in [-0.05, 0) is 33.3 Å². The Kier molecular flexibility index (Phi) is 4.29. The SMILES string of the molecule is C[C@H](C(=O)OC(C)(C)C)[C@@H](O)c1ccccc1. The molecule has 1 aromatic rings. The lowest BCUT2D eigenvalue weighted by molar-refractivity contribution is -0.163. The van der Waals surface area contributed by atoms with Gasteiger partial charge in [-0.15, -0.1) is 0 Å². The minimum atomic E-state index is -0.828. The van der Waals surface area contributed by atoms with Crippen LogP contribution in [0.25, 0.3) is 0 Å². The summed E-state index contributed by atoms with van der Waals surface area (Å²) in [5, 5.41) is 10.1. The van der Waals surface area contributed by atoms with Gasteiger partial charge in [0, 0.05) is 0 Å². The van der Waals surface area contributed by atoms with E-state index in [4.69, 9.17) is 4.74 Å². The van der Waals surface area contributed by atoms with E-state index in [0.717, 1.165) is 5.56 Å². The summed E-state index contributed by atoms with van der Waals surface area (Å²) < 4.78 is 5.24. The number of carbonyl (C=O) groups is 1. The van der Waals surface area contributed by atoms with E-state index >= 15 is 0 Å². The van der Waals surface area contributed by atoms with Crippen molar-refractivity contribution in [1.29, 1.82) is 0 Å². The van der Waals surface area contributed by atoms with Crippen molar-refractivity contribution in [2.75, 3.05) is 0 Å². The number of benzene rings is 1. The van der Waals surface area contributed by atoms with Gasteiger partial charge in [-0.25, -0.2) is 0 Å². The van der Waals surface area contributed by atoms with Gasteiger partial charge >= 0.3 is 5.97 Å². The second-order valence-corrected chi connectivity index (χ2v) is 5.18. The summed E-state index contributed by atoms with van der Waals surface area (Å²) in [6.45, 7) is 7.11. The number of hydrogen-bond acceptors (Lipinski definition) is 3. The maximum atomic E-state index is 11.8. The lowest BCUT2D eigenvalue weighted by atomic mass is 9.97. The van der Waals surface area contributed by atoms with E-state index in [-0.39, 0.29) is 5.97 Å². The van der Waals surface area contributed by atoms with Crippen LogP contribution in [-0.2, 0) is 9.53 Å². The Morgan fingerprint density at radius 3 is 2.24 bits per heavy atom. The molecule has 94 valence electrons. The molecule has 3 nitrogen and oxygen atoms in total. The quantitative estimate of drug-likeness (QED) is 0.821. The van der Waals surface area contributed by atoms with Crippen molar-refractivity contribution < 1.29 is 14.6 Å². The highest BCUT2D eigenvalue weighted by molar-refractivity contribution is 5.73. The topological polar surface area (TPSA) is 46.5 Å². The maximum Gasteiger partial charge on any atom is 0.312 e. The smallest absolute Gasteiger partial charge is 0.312 e. The van der Waals surface area contributed by atoms with Crippen molar-refractivity contribution in [2.45, 2.75) is 39.4 Å². The lowest BCUT2D eigenvalue weighted by Gasteiger charge is -2.24. The van der Waals surface area contributed by atoms with Crippen LogP contribution in [0, 0.1) is 5.92 Å². The molecule has 0 spiro atoms. The third-order valence-corrected chi connectivity index (χ3v) is 2.39. The van der Waals surface area contributed by atoms with Crippen molar-refractivity contribution in [3.05, 3.63) is 35.9 Å². The Hall–Kier alpha value is -1.35. The Morgan fingerprint density at radius 2 is 1.76 bits per heavy atom. The first kappa shape index (κ1) is 13.7. The fourth-order valence-corrected chi connectivity index (χ4v) is 1.46. The summed E-state index contributed by atoms with van der Waals surface area (Å²) in [5.74, 6) is -0.953. The molecule has 0 fully saturated rings. The molecule has 1 N–H and O–H groups in total. The average Bonchev–Trinajstić information content (AvgIpc) is 2.26. The molecule has 2 atom stereocenters.